The topological polar surface area (TPSA) is 63.3 Å². The maximum atomic E-state index is 9.74. The van der Waals surface area contributed by atoms with E-state index in [-0.39, 0.29) is 6.01 Å². The lowest BCUT2D eigenvalue weighted by molar-refractivity contribution is 0.411. The third-order valence-corrected chi connectivity index (χ3v) is 4.93. The van der Waals surface area contributed by atoms with Crippen molar-refractivity contribution in [3.05, 3.63) is 66.6 Å². The predicted molar refractivity (Wildman–Crippen MR) is 93.2 cm³/mol. The van der Waals surface area contributed by atoms with Crippen LogP contribution in [0.25, 0.3) is 16.8 Å². The Kier molecular flexibility index (Phi) is 3.66. The van der Waals surface area contributed by atoms with Gasteiger partial charge in [-0.05, 0) is 36.2 Å². The van der Waals surface area contributed by atoms with E-state index in [2.05, 4.69) is 52.3 Å². The van der Waals surface area contributed by atoms with Crippen molar-refractivity contribution in [3.8, 4) is 17.1 Å². The van der Waals surface area contributed by atoms with E-state index in [1.165, 1.54) is 26.2 Å². The highest BCUT2D eigenvalue weighted by Gasteiger charge is 2.12. The molecule has 0 bridgehead atoms. The third-order valence-electron chi connectivity index (χ3n) is 3.74. The summed E-state index contributed by atoms with van der Waals surface area (Å²) in [6.45, 7) is 2.09. The molecule has 0 aliphatic rings. The molecule has 0 saturated heterocycles. The van der Waals surface area contributed by atoms with Gasteiger partial charge in [0.2, 0.25) is 0 Å². The molecule has 5 nitrogen and oxygen atoms in total. The normalized spacial score (nSPS) is 11.0. The van der Waals surface area contributed by atoms with Crippen LogP contribution in [0.4, 0.5) is 0 Å². The number of fused-ring (bicyclic) bond motifs is 1. The van der Waals surface area contributed by atoms with Gasteiger partial charge in [0.15, 0.2) is 5.65 Å². The summed E-state index contributed by atoms with van der Waals surface area (Å²) in [6, 6.07) is 16.4. The molecule has 4 rings (SSSR count). The summed E-state index contributed by atoms with van der Waals surface area (Å²) in [5.74, 6) is 0. The largest absolute Gasteiger partial charge is 0.479 e. The van der Waals surface area contributed by atoms with Gasteiger partial charge in [-0.25, -0.2) is 4.98 Å². The molecule has 0 unspecified atom stereocenters. The molecular weight excluding hydrogens is 320 g/mol. The van der Waals surface area contributed by atoms with Crippen LogP contribution in [0, 0.1) is 6.92 Å². The lowest BCUT2D eigenvalue weighted by Crippen LogP contribution is -1.93. The molecular formula is C18H14N4OS. The molecule has 6 heteroatoms. The van der Waals surface area contributed by atoms with Crippen molar-refractivity contribution in [1.82, 2.24) is 19.6 Å². The first kappa shape index (κ1) is 14.7. The van der Waals surface area contributed by atoms with Gasteiger partial charge in [0.05, 0.1) is 6.20 Å². The van der Waals surface area contributed by atoms with E-state index in [0.29, 0.717) is 5.65 Å². The number of aryl methyl sites for hydroxylation is 1. The zero-order valence-electron chi connectivity index (χ0n) is 12.9. The standard InChI is InChI=1S/C18H14N4OS/c1-12-9-13(7-8-16(12)24-14-5-3-2-4-6-14)15-10-21-22-17(15)19-11-20-18(22)23/h2-11H,1H3,(H,19,20,23). The third kappa shape index (κ3) is 2.61. The van der Waals surface area contributed by atoms with E-state index in [0.717, 1.165) is 11.1 Å². The predicted octanol–water partition coefficient (Wildman–Crippen LogP) is 3.96. The first-order valence-corrected chi connectivity index (χ1v) is 8.25. The minimum atomic E-state index is -0.167. The molecule has 1 N–H and O–H groups in total. The Bertz CT molecular complexity index is 1010. The summed E-state index contributed by atoms with van der Waals surface area (Å²) < 4.78 is 1.33. The summed E-state index contributed by atoms with van der Waals surface area (Å²) >= 11 is 1.74. The van der Waals surface area contributed by atoms with E-state index in [1.807, 2.05) is 18.2 Å². The van der Waals surface area contributed by atoms with E-state index in [1.54, 1.807) is 18.0 Å². The summed E-state index contributed by atoms with van der Waals surface area (Å²) in [5, 5.41) is 13.9. The lowest BCUT2D eigenvalue weighted by atomic mass is 10.1. The number of nitrogens with zero attached hydrogens (tertiary/aromatic N) is 4. The molecule has 2 aromatic carbocycles. The monoisotopic (exact) mass is 334 g/mol. The number of rotatable bonds is 3. The molecule has 0 saturated carbocycles. The Morgan fingerprint density at radius 1 is 1.04 bits per heavy atom. The number of aromatic hydroxyl groups is 1. The van der Waals surface area contributed by atoms with Gasteiger partial charge >= 0.3 is 6.01 Å². The van der Waals surface area contributed by atoms with Gasteiger partial charge in [-0.1, -0.05) is 42.1 Å². The highest BCUT2D eigenvalue weighted by Crippen LogP contribution is 2.33. The summed E-state index contributed by atoms with van der Waals surface area (Å²) in [5.41, 5.74) is 3.65. The minimum Gasteiger partial charge on any atom is -0.479 e. The number of hydrogen-bond acceptors (Lipinski definition) is 5. The Morgan fingerprint density at radius 2 is 1.88 bits per heavy atom. The Morgan fingerprint density at radius 3 is 2.67 bits per heavy atom. The van der Waals surface area contributed by atoms with Crippen molar-refractivity contribution in [2.24, 2.45) is 0 Å². The van der Waals surface area contributed by atoms with Crippen molar-refractivity contribution in [1.29, 1.82) is 0 Å². The van der Waals surface area contributed by atoms with Gasteiger partial charge in [-0.2, -0.15) is 14.6 Å². The zero-order valence-corrected chi connectivity index (χ0v) is 13.7. The minimum absolute atomic E-state index is 0.167. The molecule has 0 radical (unpaired) electrons. The maximum absolute atomic E-state index is 9.74. The average Bonchev–Trinajstić information content (AvgIpc) is 3.03. The van der Waals surface area contributed by atoms with Crippen molar-refractivity contribution < 1.29 is 5.11 Å². The van der Waals surface area contributed by atoms with E-state index >= 15 is 0 Å². The molecule has 0 amide bonds. The molecule has 2 aromatic heterocycles. The van der Waals surface area contributed by atoms with Gasteiger partial charge in [0, 0.05) is 15.4 Å². The fraction of sp³-hybridized carbons (Fsp3) is 0.0556. The first-order chi connectivity index (χ1) is 11.7. The Hall–Kier alpha value is -2.86. The van der Waals surface area contributed by atoms with E-state index in [4.69, 9.17) is 0 Å². The summed E-state index contributed by atoms with van der Waals surface area (Å²) in [7, 11) is 0. The molecule has 0 aliphatic carbocycles. The molecule has 24 heavy (non-hydrogen) atoms. The van der Waals surface area contributed by atoms with Crippen LogP contribution in [0.15, 0.2) is 70.8 Å². The Labute approximate surface area is 143 Å². The Balaban J connectivity index is 1.72. The van der Waals surface area contributed by atoms with Gasteiger partial charge in [-0.3, -0.25) is 0 Å². The average molecular weight is 334 g/mol. The van der Waals surface area contributed by atoms with Crippen LogP contribution >= 0.6 is 11.8 Å². The second-order valence-corrected chi connectivity index (χ2v) is 6.48. The van der Waals surface area contributed by atoms with Crippen molar-refractivity contribution in [2.45, 2.75) is 16.7 Å². The highest BCUT2D eigenvalue weighted by molar-refractivity contribution is 7.99. The second-order valence-electron chi connectivity index (χ2n) is 5.36. The van der Waals surface area contributed by atoms with Gasteiger partial charge in [0.1, 0.15) is 6.33 Å². The van der Waals surface area contributed by atoms with Crippen molar-refractivity contribution in [2.75, 3.05) is 0 Å². The smallest absolute Gasteiger partial charge is 0.318 e. The molecule has 0 spiro atoms. The van der Waals surface area contributed by atoms with Crippen LogP contribution in [-0.4, -0.2) is 24.7 Å². The van der Waals surface area contributed by atoms with Crippen LogP contribution in [-0.2, 0) is 0 Å². The quantitative estimate of drug-likeness (QED) is 0.614. The van der Waals surface area contributed by atoms with Crippen LogP contribution in [0.3, 0.4) is 0 Å². The molecule has 0 aliphatic heterocycles. The first-order valence-electron chi connectivity index (χ1n) is 7.44. The summed E-state index contributed by atoms with van der Waals surface area (Å²) in [6.07, 6.45) is 3.03. The molecule has 0 atom stereocenters. The molecule has 0 fully saturated rings. The number of aromatic nitrogens is 4. The van der Waals surface area contributed by atoms with Crippen LogP contribution in [0.1, 0.15) is 5.56 Å². The fourth-order valence-corrected chi connectivity index (χ4v) is 3.46. The van der Waals surface area contributed by atoms with Crippen LogP contribution in [0.5, 0.6) is 6.01 Å². The van der Waals surface area contributed by atoms with Gasteiger partial charge in [0.25, 0.3) is 0 Å². The van der Waals surface area contributed by atoms with Gasteiger partial charge in [-0.15, -0.1) is 0 Å². The van der Waals surface area contributed by atoms with Crippen LogP contribution < -0.4 is 0 Å². The maximum Gasteiger partial charge on any atom is 0.318 e. The van der Waals surface area contributed by atoms with E-state index < -0.39 is 0 Å². The second kappa shape index (κ2) is 5.98. The molecule has 2 heterocycles. The van der Waals surface area contributed by atoms with Crippen molar-refractivity contribution in [3.63, 3.8) is 0 Å². The lowest BCUT2D eigenvalue weighted by Gasteiger charge is -2.08. The van der Waals surface area contributed by atoms with Gasteiger partial charge < -0.3 is 5.11 Å². The summed E-state index contributed by atoms with van der Waals surface area (Å²) in [4.78, 5) is 10.4. The molecule has 118 valence electrons. The number of benzene rings is 2. The van der Waals surface area contributed by atoms with E-state index in [9.17, 15) is 5.11 Å². The number of hydrogen-bond donors (Lipinski definition) is 1. The zero-order chi connectivity index (χ0) is 16.5. The van der Waals surface area contributed by atoms with Crippen LogP contribution in [0.2, 0.25) is 0 Å². The SMILES string of the molecule is Cc1cc(-c2cnn3c(O)ncnc23)ccc1Sc1ccccc1. The van der Waals surface area contributed by atoms with Crippen molar-refractivity contribution >= 4 is 17.4 Å². The molecule has 4 aromatic rings. The highest BCUT2D eigenvalue weighted by atomic mass is 32.2. The fourth-order valence-electron chi connectivity index (χ4n) is 2.55.